The Bertz CT molecular complexity index is 884. The van der Waals surface area contributed by atoms with Crippen molar-refractivity contribution >= 4 is 35.3 Å². The van der Waals surface area contributed by atoms with Crippen LogP contribution < -0.4 is 16.0 Å². The fourth-order valence-corrected chi connectivity index (χ4v) is 3.84. The van der Waals surface area contributed by atoms with Crippen molar-refractivity contribution in [2.24, 2.45) is 5.92 Å². The number of nitrogens with zero attached hydrogens (tertiary/aromatic N) is 1. The number of rotatable bonds is 14. The zero-order valence-corrected chi connectivity index (χ0v) is 21.2. The number of carbonyl (C=O) groups excluding carboxylic acids is 4. The largest absolute Gasteiger partial charge is 0.382 e. The number of carbonyl (C=O) groups is 4. The summed E-state index contributed by atoms with van der Waals surface area (Å²) in [6, 6.07) is -1.29. The molecule has 2 rings (SSSR count). The molecule has 3 N–H and O–H groups in total. The van der Waals surface area contributed by atoms with Crippen LogP contribution in [0.2, 0.25) is 0 Å². The lowest BCUT2D eigenvalue weighted by molar-refractivity contribution is -0.133. The summed E-state index contributed by atoms with van der Waals surface area (Å²) in [6.07, 6.45) is 2.24. The van der Waals surface area contributed by atoms with Gasteiger partial charge in [0.05, 0.1) is 19.3 Å². The fraction of sp³-hybridized carbons (Fsp3) is 0.682. The number of hydrogen-bond acceptors (Lipinski definition) is 9. The summed E-state index contributed by atoms with van der Waals surface area (Å²) in [5.74, 6) is -1.01. The SMILES string of the molecule is COC[C@H](NC(=O)c1cc(C)on1)C(=O)N[C@@H](CSC)C(=O)N[C@@H](CC(C)C)C(=O)[C@@]1(C)CO1. The first-order chi connectivity index (χ1) is 16.0. The van der Waals surface area contributed by atoms with Crippen LogP contribution in [0, 0.1) is 12.8 Å². The standard InChI is InChI=1S/C22H34N4O7S/c1-12(2)7-14(18(27)22(4)11-32-22)23-21(30)17(10-34-6)25-20(29)16(9-31-5)24-19(28)15-8-13(3)33-26-15/h8,12,14,16-17H,7,9-11H2,1-6H3,(H,23,30)(H,24,28)(H,25,29)/t14-,16-,17-,22+/m0/s1. The van der Waals surface area contributed by atoms with Gasteiger partial charge in [-0.1, -0.05) is 19.0 Å². The molecule has 0 spiro atoms. The Morgan fingerprint density at radius 1 is 1.15 bits per heavy atom. The Balaban J connectivity index is 2.08. The predicted octanol–water partition coefficient (Wildman–Crippen LogP) is 0.465. The van der Waals surface area contributed by atoms with Crippen molar-refractivity contribution in [2.45, 2.75) is 57.8 Å². The molecular formula is C22H34N4O7S. The van der Waals surface area contributed by atoms with Crippen molar-refractivity contribution in [2.75, 3.05) is 32.3 Å². The lowest BCUT2D eigenvalue weighted by Crippen LogP contribution is -2.58. The highest BCUT2D eigenvalue weighted by atomic mass is 32.2. The molecule has 0 radical (unpaired) electrons. The molecule has 0 saturated carbocycles. The van der Waals surface area contributed by atoms with Crippen LogP contribution >= 0.6 is 11.8 Å². The Labute approximate surface area is 203 Å². The molecule has 34 heavy (non-hydrogen) atoms. The van der Waals surface area contributed by atoms with E-state index in [4.69, 9.17) is 14.0 Å². The van der Waals surface area contributed by atoms with E-state index in [2.05, 4.69) is 21.1 Å². The highest BCUT2D eigenvalue weighted by Gasteiger charge is 2.50. The van der Waals surface area contributed by atoms with Crippen LogP contribution in [0.3, 0.4) is 0 Å². The number of ether oxygens (including phenoxy) is 2. The average molecular weight is 499 g/mol. The Kier molecular flexibility index (Phi) is 10.1. The van der Waals surface area contributed by atoms with Gasteiger partial charge < -0.3 is 29.9 Å². The molecule has 1 fully saturated rings. The second-order valence-corrected chi connectivity index (χ2v) is 9.81. The van der Waals surface area contributed by atoms with Crippen molar-refractivity contribution in [3.8, 4) is 0 Å². The summed E-state index contributed by atoms with van der Waals surface area (Å²) >= 11 is 1.36. The lowest BCUT2D eigenvalue weighted by Gasteiger charge is -2.26. The van der Waals surface area contributed by atoms with Crippen molar-refractivity contribution in [1.82, 2.24) is 21.1 Å². The zero-order chi connectivity index (χ0) is 25.5. The third kappa shape index (κ3) is 7.81. The van der Waals surface area contributed by atoms with E-state index in [1.54, 1.807) is 20.1 Å². The monoisotopic (exact) mass is 498 g/mol. The number of aromatic nitrogens is 1. The molecule has 11 nitrogen and oxygen atoms in total. The predicted molar refractivity (Wildman–Crippen MR) is 125 cm³/mol. The second kappa shape index (κ2) is 12.3. The minimum Gasteiger partial charge on any atom is -0.382 e. The van der Waals surface area contributed by atoms with Crippen LogP contribution in [-0.2, 0) is 23.9 Å². The Hall–Kier alpha value is -2.44. The molecule has 1 aromatic rings. The number of amides is 3. The molecule has 1 aliphatic heterocycles. The topological polar surface area (TPSA) is 152 Å². The van der Waals surface area contributed by atoms with Gasteiger partial charge in [0.25, 0.3) is 5.91 Å². The summed E-state index contributed by atoms with van der Waals surface area (Å²) in [6.45, 7) is 7.46. The minimum absolute atomic E-state index is 0.0237. The molecule has 12 heteroatoms. The number of Topliss-reactive ketones (excluding diaryl/α,β-unsaturated/α-hetero) is 1. The normalized spacial score (nSPS) is 19.7. The van der Waals surface area contributed by atoms with Crippen LogP contribution in [0.1, 0.15) is 43.4 Å². The summed E-state index contributed by atoms with van der Waals surface area (Å²) in [7, 11) is 1.39. The number of thioether (sulfide) groups is 1. The van der Waals surface area contributed by atoms with Crippen LogP contribution in [-0.4, -0.2) is 84.7 Å². The lowest BCUT2D eigenvalue weighted by atomic mass is 9.93. The first-order valence-corrected chi connectivity index (χ1v) is 12.4. The van der Waals surface area contributed by atoms with Crippen molar-refractivity contribution in [1.29, 1.82) is 0 Å². The number of nitrogens with one attached hydrogen (secondary N) is 3. The molecule has 0 bridgehead atoms. The summed E-state index contributed by atoms with van der Waals surface area (Å²) < 4.78 is 15.2. The van der Waals surface area contributed by atoms with Gasteiger partial charge in [-0.2, -0.15) is 11.8 Å². The first kappa shape index (κ1) is 27.8. The smallest absolute Gasteiger partial charge is 0.274 e. The van der Waals surface area contributed by atoms with Gasteiger partial charge in [-0.05, 0) is 32.4 Å². The maximum absolute atomic E-state index is 13.1. The third-order valence-electron chi connectivity index (χ3n) is 5.22. The molecular weight excluding hydrogens is 464 g/mol. The molecule has 1 aromatic heterocycles. The third-order valence-corrected chi connectivity index (χ3v) is 5.89. The van der Waals surface area contributed by atoms with Gasteiger partial charge in [0, 0.05) is 18.9 Å². The molecule has 0 aromatic carbocycles. The van der Waals surface area contributed by atoms with E-state index in [9.17, 15) is 19.2 Å². The van der Waals surface area contributed by atoms with Gasteiger partial charge in [-0.25, -0.2) is 0 Å². The van der Waals surface area contributed by atoms with Crippen LogP contribution in [0.25, 0.3) is 0 Å². The van der Waals surface area contributed by atoms with Crippen LogP contribution in [0.4, 0.5) is 0 Å². The van der Waals surface area contributed by atoms with E-state index in [-0.39, 0.29) is 29.8 Å². The van der Waals surface area contributed by atoms with Gasteiger partial charge in [0.1, 0.15) is 23.4 Å². The number of hydrogen-bond donors (Lipinski definition) is 3. The summed E-state index contributed by atoms with van der Waals surface area (Å²) in [5, 5.41) is 11.6. The molecule has 3 amide bonds. The van der Waals surface area contributed by atoms with Crippen molar-refractivity contribution in [3.63, 3.8) is 0 Å². The van der Waals surface area contributed by atoms with Gasteiger partial charge in [-0.3, -0.25) is 19.2 Å². The van der Waals surface area contributed by atoms with Crippen molar-refractivity contribution in [3.05, 3.63) is 17.5 Å². The molecule has 4 atom stereocenters. The quantitative estimate of drug-likeness (QED) is 0.311. The van der Waals surface area contributed by atoms with E-state index in [1.807, 2.05) is 13.8 Å². The fourth-order valence-electron chi connectivity index (χ4n) is 3.27. The molecule has 2 heterocycles. The van der Waals surface area contributed by atoms with Gasteiger partial charge in [0.2, 0.25) is 11.8 Å². The molecule has 1 aliphatic rings. The number of aryl methyl sites for hydroxylation is 1. The second-order valence-electron chi connectivity index (χ2n) is 8.90. The minimum atomic E-state index is -1.07. The maximum atomic E-state index is 13.1. The maximum Gasteiger partial charge on any atom is 0.274 e. The zero-order valence-electron chi connectivity index (χ0n) is 20.4. The number of ketones is 1. The highest BCUT2D eigenvalue weighted by Crippen LogP contribution is 2.29. The van der Waals surface area contributed by atoms with Gasteiger partial charge in [-0.15, -0.1) is 0 Å². The molecule has 190 valence electrons. The van der Waals surface area contributed by atoms with Crippen molar-refractivity contribution < 1.29 is 33.2 Å². The Morgan fingerprint density at radius 3 is 2.26 bits per heavy atom. The van der Waals surface area contributed by atoms with Crippen LogP contribution in [0.5, 0.6) is 0 Å². The highest BCUT2D eigenvalue weighted by molar-refractivity contribution is 7.98. The molecule has 1 saturated heterocycles. The van der Waals surface area contributed by atoms with E-state index in [0.29, 0.717) is 18.8 Å². The Morgan fingerprint density at radius 2 is 1.76 bits per heavy atom. The summed E-state index contributed by atoms with van der Waals surface area (Å²) in [4.78, 5) is 51.3. The van der Waals surface area contributed by atoms with E-state index in [0.717, 1.165) is 0 Å². The first-order valence-electron chi connectivity index (χ1n) is 11.0. The van der Waals surface area contributed by atoms with E-state index in [1.165, 1.54) is 24.9 Å². The summed E-state index contributed by atoms with van der Waals surface area (Å²) in [5.41, 5.74) is -0.853. The van der Waals surface area contributed by atoms with E-state index >= 15 is 0 Å². The van der Waals surface area contributed by atoms with E-state index < -0.39 is 41.4 Å². The number of epoxide rings is 1. The molecule has 0 unspecified atom stereocenters. The average Bonchev–Trinajstić information content (AvgIpc) is 3.37. The molecule has 0 aliphatic carbocycles. The van der Waals surface area contributed by atoms with Crippen LogP contribution in [0.15, 0.2) is 10.6 Å². The number of methoxy groups -OCH3 is 1. The van der Waals surface area contributed by atoms with Gasteiger partial charge in [0.15, 0.2) is 11.5 Å². The van der Waals surface area contributed by atoms with Gasteiger partial charge >= 0.3 is 0 Å².